The molecule has 0 fully saturated rings. The third kappa shape index (κ3) is 53.0. The van der Waals surface area contributed by atoms with E-state index in [1.54, 1.807) is 0 Å². The van der Waals surface area contributed by atoms with Gasteiger partial charge in [-0.1, -0.05) is 245 Å². The zero-order valence-electron chi connectivity index (χ0n) is 35.8. The van der Waals surface area contributed by atoms with E-state index in [1.807, 2.05) is 0 Å². The zero-order valence-corrected chi connectivity index (χ0v) is 35.8. The molecule has 6 heteroatoms. The first-order valence-electron chi connectivity index (χ1n) is 23.6. The second kappa shape index (κ2) is 48.9. The molecule has 0 aliphatic heterocycles. The summed E-state index contributed by atoms with van der Waals surface area (Å²) in [5.41, 5.74) is 0. The minimum absolute atomic E-state index is 0.103. The normalized spacial score (nSPS) is 11.7. The molecular formula is C47H93O6-. The zero-order chi connectivity index (χ0) is 39.1. The maximum atomic E-state index is 11.4. The monoisotopic (exact) mass is 754 g/mol. The fourth-order valence-corrected chi connectivity index (χ4v) is 7.01. The molecule has 0 radical (unpaired) electrons. The molecule has 0 aromatic carbocycles. The number of carboxylic acid groups (broad SMARTS) is 1. The van der Waals surface area contributed by atoms with Crippen molar-refractivity contribution in [1.29, 1.82) is 0 Å². The molecule has 0 heterocycles. The largest absolute Gasteiger partial charge is 0.550 e. The van der Waals surface area contributed by atoms with Gasteiger partial charge < -0.3 is 24.9 Å². The van der Waals surface area contributed by atoms with Crippen LogP contribution in [-0.2, 0) is 14.3 Å². The van der Waals surface area contributed by atoms with Gasteiger partial charge >= 0.3 is 5.97 Å². The number of aliphatic carboxylic acids is 1. The van der Waals surface area contributed by atoms with Crippen LogP contribution in [0.4, 0.5) is 0 Å². The minimum atomic E-state index is -0.955. The fraction of sp³-hybridized carbons (Fsp3) is 0.957. The maximum Gasteiger partial charge on any atom is 0.305 e. The van der Waals surface area contributed by atoms with Crippen LogP contribution in [0.2, 0.25) is 0 Å². The van der Waals surface area contributed by atoms with Gasteiger partial charge in [-0.3, -0.25) is 4.79 Å². The van der Waals surface area contributed by atoms with E-state index >= 15 is 0 Å². The number of carbonyl (C=O) groups is 2. The number of carbonyl (C=O) groups excluding carboxylic acids is 2. The average Bonchev–Trinajstić information content (AvgIpc) is 3.15. The molecule has 0 aromatic rings. The highest BCUT2D eigenvalue weighted by atomic mass is 16.5. The summed E-state index contributed by atoms with van der Waals surface area (Å²) in [6.45, 7) is 4.09. The summed E-state index contributed by atoms with van der Waals surface area (Å²) in [5, 5.41) is 28.0. The van der Waals surface area contributed by atoms with Gasteiger partial charge in [0.2, 0.25) is 0 Å². The number of unbranched alkanes of at least 4 members (excludes halogenated alkanes) is 36. The standard InChI is InChI=1S/C25H50O4.C22H44O2/c1-2-3-4-5-6-7-8-9-10-11-12-13-14-15-16-17-18-19-20-21-25(28)29-23-24(27)22-26;1-2-3-4-5-6-7-8-9-10-11-12-13-14-15-16-17-18-19-20-21-22(23)24/h24,26-27H,2-23H2,1H3;2-21H2,1H3,(H,23,24)/p-1. The Morgan fingerprint density at radius 3 is 0.868 bits per heavy atom. The van der Waals surface area contributed by atoms with Crippen molar-refractivity contribution in [2.75, 3.05) is 13.2 Å². The first-order valence-corrected chi connectivity index (χ1v) is 23.6. The molecule has 0 saturated carbocycles. The van der Waals surface area contributed by atoms with Crippen LogP contribution in [-0.4, -0.2) is 41.5 Å². The molecule has 0 bridgehead atoms. The lowest BCUT2D eigenvalue weighted by Crippen LogP contribution is -2.21. The van der Waals surface area contributed by atoms with Crippen LogP contribution in [0.3, 0.4) is 0 Å². The number of ether oxygens (including phenoxy) is 1. The summed E-state index contributed by atoms with van der Waals surface area (Å²) in [5.74, 6) is -1.17. The third-order valence-electron chi connectivity index (χ3n) is 10.6. The van der Waals surface area contributed by atoms with E-state index in [4.69, 9.17) is 14.9 Å². The molecule has 0 spiro atoms. The van der Waals surface area contributed by atoms with Crippen LogP contribution in [0.1, 0.15) is 271 Å². The highest BCUT2D eigenvalue weighted by Gasteiger charge is 2.07. The van der Waals surface area contributed by atoms with Gasteiger partial charge in [0.05, 0.1) is 6.61 Å². The van der Waals surface area contributed by atoms with Gasteiger partial charge in [0.25, 0.3) is 0 Å². The second-order valence-corrected chi connectivity index (χ2v) is 16.1. The van der Waals surface area contributed by atoms with Crippen LogP contribution >= 0.6 is 0 Å². The predicted octanol–water partition coefficient (Wildman–Crippen LogP) is 13.3. The third-order valence-corrected chi connectivity index (χ3v) is 10.6. The molecule has 0 aromatic heterocycles. The van der Waals surface area contributed by atoms with E-state index in [-0.39, 0.29) is 25.6 Å². The van der Waals surface area contributed by atoms with Gasteiger partial charge in [-0.2, -0.15) is 0 Å². The lowest BCUT2D eigenvalue weighted by molar-refractivity contribution is -0.305. The van der Waals surface area contributed by atoms with Crippen molar-refractivity contribution in [1.82, 2.24) is 0 Å². The molecule has 0 aliphatic carbocycles. The quantitative estimate of drug-likeness (QED) is 0.0474. The van der Waals surface area contributed by atoms with Crippen LogP contribution in [0.25, 0.3) is 0 Å². The minimum Gasteiger partial charge on any atom is -0.550 e. The molecule has 2 N–H and O–H groups in total. The van der Waals surface area contributed by atoms with Gasteiger partial charge in [-0.05, 0) is 19.3 Å². The molecular weight excluding hydrogens is 661 g/mol. The molecule has 0 amide bonds. The molecule has 0 saturated heterocycles. The predicted molar refractivity (Wildman–Crippen MR) is 225 cm³/mol. The number of hydrogen-bond donors (Lipinski definition) is 2. The van der Waals surface area contributed by atoms with E-state index in [0.29, 0.717) is 6.42 Å². The topological polar surface area (TPSA) is 107 Å². The first kappa shape index (κ1) is 54.0. The van der Waals surface area contributed by atoms with E-state index in [0.717, 1.165) is 25.7 Å². The van der Waals surface area contributed by atoms with Crippen LogP contribution in [0.15, 0.2) is 0 Å². The van der Waals surface area contributed by atoms with Crippen molar-refractivity contribution in [3.05, 3.63) is 0 Å². The Hall–Kier alpha value is -1.14. The molecule has 53 heavy (non-hydrogen) atoms. The van der Waals surface area contributed by atoms with Crippen molar-refractivity contribution in [2.45, 2.75) is 277 Å². The van der Waals surface area contributed by atoms with Gasteiger partial charge in [0.1, 0.15) is 12.7 Å². The molecule has 0 aliphatic rings. The summed E-state index contributed by atoms with van der Waals surface area (Å²) >= 11 is 0. The van der Waals surface area contributed by atoms with E-state index < -0.39 is 12.1 Å². The Kier molecular flexibility index (Phi) is 49.8. The highest BCUT2D eigenvalue weighted by Crippen LogP contribution is 2.16. The Labute approximate surface area is 330 Å². The number of aliphatic hydroxyl groups is 2. The fourth-order valence-electron chi connectivity index (χ4n) is 7.01. The smallest absolute Gasteiger partial charge is 0.305 e. The molecule has 1 atom stereocenters. The van der Waals surface area contributed by atoms with Crippen LogP contribution in [0.5, 0.6) is 0 Å². The van der Waals surface area contributed by atoms with Crippen molar-refractivity contribution >= 4 is 11.9 Å². The lowest BCUT2D eigenvalue weighted by Gasteiger charge is -2.08. The van der Waals surface area contributed by atoms with Crippen LogP contribution < -0.4 is 5.11 Å². The Morgan fingerprint density at radius 2 is 0.642 bits per heavy atom. The van der Waals surface area contributed by atoms with Crippen molar-refractivity contribution in [3.63, 3.8) is 0 Å². The summed E-state index contributed by atoms with van der Waals surface area (Å²) in [6, 6.07) is 0. The first-order chi connectivity index (χ1) is 26.0. The second-order valence-electron chi connectivity index (χ2n) is 16.1. The van der Waals surface area contributed by atoms with Crippen molar-refractivity contribution in [2.24, 2.45) is 0 Å². The number of carboxylic acids is 1. The van der Waals surface area contributed by atoms with Gasteiger partial charge in [-0.15, -0.1) is 0 Å². The summed E-state index contributed by atoms with van der Waals surface area (Å²) in [4.78, 5) is 21.7. The maximum absolute atomic E-state index is 11.4. The molecule has 0 rings (SSSR count). The number of hydrogen-bond acceptors (Lipinski definition) is 6. The van der Waals surface area contributed by atoms with E-state index in [2.05, 4.69) is 13.8 Å². The number of aliphatic hydroxyl groups excluding tert-OH is 2. The number of rotatable bonds is 43. The number of esters is 1. The van der Waals surface area contributed by atoms with Crippen molar-refractivity contribution in [3.8, 4) is 0 Å². The molecule has 1 unspecified atom stereocenters. The lowest BCUT2D eigenvalue weighted by atomic mass is 10.0. The van der Waals surface area contributed by atoms with Gasteiger partial charge in [0.15, 0.2) is 0 Å². The summed E-state index contributed by atoms with van der Waals surface area (Å²) in [6.07, 6.45) is 50.6. The highest BCUT2D eigenvalue weighted by molar-refractivity contribution is 5.69. The van der Waals surface area contributed by atoms with Gasteiger partial charge in [-0.25, -0.2) is 0 Å². The van der Waals surface area contributed by atoms with Crippen molar-refractivity contribution < 1.29 is 29.6 Å². The van der Waals surface area contributed by atoms with Crippen LogP contribution in [0, 0.1) is 0 Å². The molecule has 318 valence electrons. The summed E-state index contributed by atoms with van der Waals surface area (Å²) in [7, 11) is 0. The van der Waals surface area contributed by atoms with E-state index in [9.17, 15) is 14.7 Å². The Morgan fingerprint density at radius 1 is 0.415 bits per heavy atom. The van der Waals surface area contributed by atoms with E-state index in [1.165, 1.54) is 218 Å². The Balaban J connectivity index is 0. The Bertz CT molecular complexity index is 699. The van der Waals surface area contributed by atoms with Gasteiger partial charge in [0, 0.05) is 12.4 Å². The SMILES string of the molecule is CCCCCCCCCCCCCCCCCCCCCC(=O)OCC(O)CO.CCCCCCCCCCCCCCCCCCCCCC(=O)[O-]. The molecule has 6 nitrogen and oxygen atoms in total. The summed E-state index contributed by atoms with van der Waals surface area (Å²) < 4.78 is 4.88. The average molecular weight is 754 g/mol.